The number of rotatable bonds is 4. The molecule has 1 aromatic rings. The molecule has 104 valence electrons. The Bertz CT molecular complexity index is 403. The zero-order chi connectivity index (χ0) is 13.7. The van der Waals surface area contributed by atoms with E-state index < -0.39 is 0 Å². The van der Waals surface area contributed by atoms with Gasteiger partial charge in [-0.25, -0.2) is 0 Å². The number of carbonyl (C=O) groups is 1. The SMILES string of the molecule is COC(=O)CCC1CCC(c2ccc(O)cc2)CC1. The van der Waals surface area contributed by atoms with Crippen molar-refractivity contribution < 1.29 is 14.6 Å². The third-order valence-electron chi connectivity index (χ3n) is 4.20. The summed E-state index contributed by atoms with van der Waals surface area (Å²) in [6.07, 6.45) is 6.22. The third-order valence-corrected chi connectivity index (χ3v) is 4.20. The molecule has 1 aromatic carbocycles. The van der Waals surface area contributed by atoms with Gasteiger partial charge in [0.15, 0.2) is 0 Å². The van der Waals surface area contributed by atoms with Gasteiger partial charge in [-0.05, 0) is 61.6 Å². The lowest BCUT2D eigenvalue weighted by Gasteiger charge is -2.28. The van der Waals surface area contributed by atoms with E-state index in [9.17, 15) is 9.90 Å². The Morgan fingerprint density at radius 1 is 1.21 bits per heavy atom. The highest BCUT2D eigenvalue weighted by Crippen LogP contribution is 2.37. The summed E-state index contributed by atoms with van der Waals surface area (Å²) in [5.41, 5.74) is 1.32. The van der Waals surface area contributed by atoms with E-state index in [0.717, 1.165) is 6.42 Å². The molecule has 0 aliphatic heterocycles. The predicted octanol–water partition coefficient (Wildman–Crippen LogP) is 3.62. The van der Waals surface area contributed by atoms with E-state index in [1.807, 2.05) is 12.1 Å². The van der Waals surface area contributed by atoms with E-state index in [-0.39, 0.29) is 5.97 Å². The van der Waals surface area contributed by atoms with Crippen LogP contribution in [-0.2, 0) is 9.53 Å². The van der Waals surface area contributed by atoms with Crippen LogP contribution < -0.4 is 0 Å². The maximum atomic E-state index is 11.1. The first-order valence-corrected chi connectivity index (χ1v) is 7.04. The average Bonchev–Trinajstić information content (AvgIpc) is 2.46. The van der Waals surface area contributed by atoms with Crippen LogP contribution in [0.3, 0.4) is 0 Å². The summed E-state index contributed by atoms with van der Waals surface area (Å²) in [6.45, 7) is 0. The van der Waals surface area contributed by atoms with Crippen molar-refractivity contribution in [3.8, 4) is 5.75 Å². The summed E-state index contributed by atoms with van der Waals surface area (Å²) in [5.74, 6) is 1.50. The van der Waals surface area contributed by atoms with Gasteiger partial charge in [0, 0.05) is 6.42 Å². The van der Waals surface area contributed by atoms with Gasteiger partial charge in [0.25, 0.3) is 0 Å². The molecule has 2 rings (SSSR count). The monoisotopic (exact) mass is 262 g/mol. The molecule has 1 aliphatic carbocycles. The Morgan fingerprint density at radius 2 is 1.84 bits per heavy atom. The van der Waals surface area contributed by atoms with Gasteiger partial charge in [-0.15, -0.1) is 0 Å². The summed E-state index contributed by atoms with van der Waals surface area (Å²) < 4.78 is 4.68. The van der Waals surface area contributed by atoms with Crippen LogP contribution in [0.15, 0.2) is 24.3 Å². The van der Waals surface area contributed by atoms with Gasteiger partial charge in [-0.3, -0.25) is 4.79 Å². The smallest absolute Gasteiger partial charge is 0.305 e. The number of hydrogen-bond donors (Lipinski definition) is 1. The molecule has 1 aliphatic rings. The predicted molar refractivity (Wildman–Crippen MR) is 74.1 cm³/mol. The fraction of sp³-hybridized carbons (Fsp3) is 0.562. The molecule has 3 heteroatoms. The minimum Gasteiger partial charge on any atom is -0.508 e. The molecule has 0 amide bonds. The van der Waals surface area contributed by atoms with Gasteiger partial charge in [-0.2, -0.15) is 0 Å². The Balaban J connectivity index is 1.79. The summed E-state index contributed by atoms with van der Waals surface area (Å²) >= 11 is 0. The lowest BCUT2D eigenvalue weighted by molar-refractivity contribution is -0.141. The van der Waals surface area contributed by atoms with Gasteiger partial charge in [0.05, 0.1) is 7.11 Å². The van der Waals surface area contributed by atoms with Crippen molar-refractivity contribution in [2.24, 2.45) is 5.92 Å². The van der Waals surface area contributed by atoms with Crippen LogP contribution in [-0.4, -0.2) is 18.2 Å². The van der Waals surface area contributed by atoms with E-state index in [0.29, 0.717) is 24.0 Å². The molecule has 0 saturated heterocycles. The molecule has 0 radical (unpaired) electrons. The molecule has 3 nitrogen and oxygen atoms in total. The topological polar surface area (TPSA) is 46.5 Å². The zero-order valence-corrected chi connectivity index (χ0v) is 11.5. The standard InChI is InChI=1S/C16H22O3/c1-19-16(18)11-4-12-2-5-13(6-3-12)14-7-9-15(17)10-8-14/h7-10,12-13,17H,2-6,11H2,1H3. The van der Waals surface area contributed by atoms with E-state index in [1.165, 1.54) is 38.4 Å². The molecule has 0 bridgehead atoms. The quantitative estimate of drug-likeness (QED) is 0.843. The zero-order valence-electron chi connectivity index (χ0n) is 11.5. The van der Waals surface area contributed by atoms with Crippen LogP contribution in [0.5, 0.6) is 5.75 Å². The maximum Gasteiger partial charge on any atom is 0.305 e. The second kappa shape index (κ2) is 6.60. The highest BCUT2D eigenvalue weighted by molar-refractivity contribution is 5.69. The van der Waals surface area contributed by atoms with Crippen LogP contribution >= 0.6 is 0 Å². The first-order valence-electron chi connectivity index (χ1n) is 7.04. The third kappa shape index (κ3) is 3.98. The molecule has 0 unspecified atom stereocenters. The van der Waals surface area contributed by atoms with E-state index >= 15 is 0 Å². The lowest BCUT2D eigenvalue weighted by Crippen LogP contribution is -2.14. The van der Waals surface area contributed by atoms with Crippen molar-refractivity contribution in [3.63, 3.8) is 0 Å². The van der Waals surface area contributed by atoms with Crippen LogP contribution in [0, 0.1) is 5.92 Å². The second-order valence-corrected chi connectivity index (χ2v) is 5.42. The number of phenols is 1. The van der Waals surface area contributed by atoms with Crippen LogP contribution in [0.25, 0.3) is 0 Å². The normalized spacial score (nSPS) is 23.0. The molecule has 1 N–H and O–H groups in total. The molecular formula is C16H22O3. The molecule has 1 fully saturated rings. The van der Waals surface area contributed by atoms with Gasteiger partial charge in [0.2, 0.25) is 0 Å². The number of benzene rings is 1. The second-order valence-electron chi connectivity index (χ2n) is 5.42. The molecule has 0 heterocycles. The highest BCUT2D eigenvalue weighted by atomic mass is 16.5. The van der Waals surface area contributed by atoms with Crippen molar-refractivity contribution in [3.05, 3.63) is 29.8 Å². The fourth-order valence-electron chi connectivity index (χ4n) is 2.95. The van der Waals surface area contributed by atoms with Crippen molar-refractivity contribution in [2.75, 3.05) is 7.11 Å². The summed E-state index contributed by atoms with van der Waals surface area (Å²) in [4.78, 5) is 11.1. The maximum absolute atomic E-state index is 11.1. The Morgan fingerprint density at radius 3 is 2.42 bits per heavy atom. The average molecular weight is 262 g/mol. The van der Waals surface area contributed by atoms with E-state index in [4.69, 9.17) is 0 Å². The minimum atomic E-state index is -0.0966. The number of methoxy groups -OCH3 is 1. The summed E-state index contributed by atoms with van der Waals surface area (Å²) in [6, 6.07) is 7.57. The van der Waals surface area contributed by atoms with Crippen molar-refractivity contribution in [1.82, 2.24) is 0 Å². The van der Waals surface area contributed by atoms with Crippen molar-refractivity contribution >= 4 is 5.97 Å². The Hall–Kier alpha value is -1.51. The number of carbonyl (C=O) groups excluding carboxylic acids is 1. The number of esters is 1. The number of aromatic hydroxyl groups is 1. The largest absolute Gasteiger partial charge is 0.508 e. The number of hydrogen-bond acceptors (Lipinski definition) is 3. The van der Waals surface area contributed by atoms with E-state index in [1.54, 1.807) is 12.1 Å². The highest BCUT2D eigenvalue weighted by Gasteiger charge is 2.22. The van der Waals surface area contributed by atoms with Crippen molar-refractivity contribution in [2.45, 2.75) is 44.4 Å². The van der Waals surface area contributed by atoms with Gasteiger partial charge < -0.3 is 9.84 Å². The minimum absolute atomic E-state index is 0.0966. The van der Waals surface area contributed by atoms with E-state index in [2.05, 4.69) is 4.74 Å². The van der Waals surface area contributed by atoms with Crippen LogP contribution in [0.2, 0.25) is 0 Å². The van der Waals surface area contributed by atoms with Gasteiger partial charge >= 0.3 is 5.97 Å². The Kier molecular flexibility index (Phi) is 4.83. The van der Waals surface area contributed by atoms with Crippen LogP contribution in [0.4, 0.5) is 0 Å². The van der Waals surface area contributed by atoms with Crippen molar-refractivity contribution in [1.29, 1.82) is 0 Å². The molecule has 1 saturated carbocycles. The molecular weight excluding hydrogens is 240 g/mol. The van der Waals surface area contributed by atoms with Crippen LogP contribution in [0.1, 0.15) is 50.0 Å². The number of ether oxygens (including phenoxy) is 1. The summed E-state index contributed by atoms with van der Waals surface area (Å²) in [7, 11) is 1.45. The lowest BCUT2D eigenvalue weighted by atomic mass is 9.77. The summed E-state index contributed by atoms with van der Waals surface area (Å²) in [5, 5.41) is 9.30. The molecule has 0 aromatic heterocycles. The molecule has 19 heavy (non-hydrogen) atoms. The molecule has 0 atom stereocenters. The first kappa shape index (κ1) is 13.9. The van der Waals surface area contributed by atoms with Gasteiger partial charge in [-0.1, -0.05) is 12.1 Å². The number of phenolic OH excluding ortho intramolecular Hbond substituents is 1. The fourth-order valence-corrected chi connectivity index (χ4v) is 2.95. The molecule has 0 spiro atoms. The van der Waals surface area contributed by atoms with Gasteiger partial charge in [0.1, 0.15) is 5.75 Å². The first-order chi connectivity index (χ1) is 9.19. The Labute approximate surface area is 114 Å².